The van der Waals surface area contributed by atoms with Crippen LogP contribution >= 0.6 is 15.9 Å². The lowest BCUT2D eigenvalue weighted by Gasteiger charge is -2.09. The summed E-state index contributed by atoms with van der Waals surface area (Å²) in [5.41, 5.74) is 1.09. The van der Waals surface area contributed by atoms with Crippen molar-refractivity contribution in [2.24, 2.45) is 0 Å². The molecule has 0 aliphatic rings. The lowest BCUT2D eigenvalue weighted by atomic mass is 10.2. The van der Waals surface area contributed by atoms with Gasteiger partial charge in [0.2, 0.25) is 0 Å². The lowest BCUT2D eigenvalue weighted by molar-refractivity contribution is 0.478. The molecule has 3 nitrogen and oxygen atoms in total. The summed E-state index contributed by atoms with van der Waals surface area (Å²) in [4.78, 5) is 4.14. The molecule has 88 valence electrons. The predicted octanol–water partition coefficient (Wildman–Crippen LogP) is 3.99. The fourth-order valence-electron chi connectivity index (χ4n) is 1.42. The molecular weight excluding hydrogens is 280 g/mol. The number of aryl methyl sites for hydroxylation is 1. The zero-order chi connectivity index (χ0) is 12.3. The fourth-order valence-corrected chi connectivity index (χ4v) is 1.76. The van der Waals surface area contributed by atoms with E-state index >= 15 is 0 Å². The third-order valence-electron chi connectivity index (χ3n) is 2.37. The van der Waals surface area contributed by atoms with E-state index in [-0.39, 0.29) is 0 Å². The van der Waals surface area contributed by atoms with Gasteiger partial charge in [0.1, 0.15) is 17.3 Å². The smallest absolute Gasteiger partial charge is 0.132 e. The summed E-state index contributed by atoms with van der Waals surface area (Å²) in [7, 11) is 1.83. The number of benzene rings is 1. The van der Waals surface area contributed by atoms with Crippen molar-refractivity contribution in [1.82, 2.24) is 4.98 Å². The Morgan fingerprint density at radius 3 is 2.82 bits per heavy atom. The monoisotopic (exact) mass is 292 g/mol. The average molecular weight is 293 g/mol. The minimum absolute atomic E-state index is 0.769. The number of nitrogens with one attached hydrogen (secondary N) is 1. The first-order chi connectivity index (χ1) is 8.19. The van der Waals surface area contributed by atoms with E-state index in [0.29, 0.717) is 0 Å². The molecule has 2 aromatic rings. The lowest BCUT2D eigenvalue weighted by Crippen LogP contribution is -1.93. The number of hydrogen-bond acceptors (Lipinski definition) is 3. The highest BCUT2D eigenvalue weighted by molar-refractivity contribution is 9.10. The van der Waals surface area contributed by atoms with Crippen LogP contribution < -0.4 is 10.1 Å². The quantitative estimate of drug-likeness (QED) is 0.929. The summed E-state index contributed by atoms with van der Waals surface area (Å²) < 4.78 is 6.82. The van der Waals surface area contributed by atoms with E-state index in [1.807, 2.05) is 44.3 Å². The van der Waals surface area contributed by atoms with E-state index < -0.39 is 0 Å². The van der Waals surface area contributed by atoms with E-state index in [1.165, 1.54) is 0 Å². The van der Waals surface area contributed by atoms with Gasteiger partial charge in [-0.1, -0.05) is 22.0 Å². The number of hydrogen-bond donors (Lipinski definition) is 1. The zero-order valence-corrected chi connectivity index (χ0v) is 11.3. The van der Waals surface area contributed by atoms with Crippen molar-refractivity contribution in [3.05, 3.63) is 46.6 Å². The normalized spacial score (nSPS) is 10.1. The second kappa shape index (κ2) is 5.19. The van der Waals surface area contributed by atoms with Gasteiger partial charge in [0.15, 0.2) is 0 Å². The van der Waals surface area contributed by atoms with Crippen LogP contribution in [-0.4, -0.2) is 12.0 Å². The number of pyridine rings is 1. The van der Waals surface area contributed by atoms with Gasteiger partial charge in [0, 0.05) is 23.8 Å². The first kappa shape index (κ1) is 11.9. The number of aromatic nitrogens is 1. The molecule has 1 aromatic heterocycles. The molecule has 0 spiro atoms. The summed E-state index contributed by atoms with van der Waals surface area (Å²) in [6, 6.07) is 9.66. The molecule has 17 heavy (non-hydrogen) atoms. The Kier molecular flexibility index (Phi) is 3.64. The molecule has 1 heterocycles. The van der Waals surface area contributed by atoms with E-state index in [4.69, 9.17) is 4.74 Å². The van der Waals surface area contributed by atoms with Crippen LogP contribution in [0.1, 0.15) is 5.56 Å². The first-order valence-electron chi connectivity index (χ1n) is 5.27. The van der Waals surface area contributed by atoms with Crippen LogP contribution in [0.2, 0.25) is 0 Å². The van der Waals surface area contributed by atoms with E-state index in [2.05, 4.69) is 26.2 Å². The third kappa shape index (κ3) is 2.97. The second-order valence-corrected chi connectivity index (χ2v) is 4.55. The maximum atomic E-state index is 5.82. The molecule has 0 unspecified atom stereocenters. The molecule has 4 heteroatoms. The Morgan fingerprint density at radius 1 is 1.24 bits per heavy atom. The summed E-state index contributed by atoms with van der Waals surface area (Å²) >= 11 is 3.43. The van der Waals surface area contributed by atoms with Gasteiger partial charge >= 0.3 is 0 Å². The van der Waals surface area contributed by atoms with Gasteiger partial charge < -0.3 is 10.1 Å². The van der Waals surface area contributed by atoms with Crippen molar-refractivity contribution in [1.29, 1.82) is 0 Å². The largest absolute Gasteiger partial charge is 0.457 e. The molecule has 1 aromatic carbocycles. The maximum absolute atomic E-state index is 5.82. The highest BCUT2D eigenvalue weighted by atomic mass is 79.9. The van der Waals surface area contributed by atoms with Gasteiger partial charge in [0.05, 0.1) is 0 Å². The number of nitrogens with zero attached hydrogens (tertiary/aromatic N) is 1. The molecule has 0 atom stereocenters. The molecule has 0 aliphatic heterocycles. The van der Waals surface area contributed by atoms with Crippen LogP contribution in [0.5, 0.6) is 11.5 Å². The molecule has 0 amide bonds. The van der Waals surface area contributed by atoms with Crippen LogP contribution in [0, 0.1) is 6.92 Å². The van der Waals surface area contributed by atoms with Crippen molar-refractivity contribution < 1.29 is 4.74 Å². The van der Waals surface area contributed by atoms with E-state index in [1.54, 1.807) is 6.20 Å². The number of anilines is 1. The van der Waals surface area contributed by atoms with Crippen LogP contribution in [0.4, 0.5) is 5.82 Å². The molecule has 0 saturated heterocycles. The SMILES string of the molecule is CNc1cc(Oc2cc(Br)ccc2C)ccn1. The number of ether oxygens (including phenoxy) is 1. The van der Waals surface area contributed by atoms with Crippen LogP contribution in [-0.2, 0) is 0 Å². The second-order valence-electron chi connectivity index (χ2n) is 3.64. The minimum atomic E-state index is 0.769. The standard InChI is InChI=1S/C13H13BrN2O/c1-9-3-4-10(14)7-12(9)17-11-5-6-16-13(8-11)15-2/h3-8H,1-2H3,(H,15,16). The molecule has 1 N–H and O–H groups in total. The van der Waals surface area contributed by atoms with Gasteiger partial charge in [-0.3, -0.25) is 0 Å². The fraction of sp³-hybridized carbons (Fsp3) is 0.154. The predicted molar refractivity (Wildman–Crippen MR) is 72.7 cm³/mol. The van der Waals surface area contributed by atoms with E-state index in [0.717, 1.165) is 27.4 Å². The van der Waals surface area contributed by atoms with Crippen molar-refractivity contribution in [2.75, 3.05) is 12.4 Å². The van der Waals surface area contributed by atoms with Crippen molar-refractivity contribution in [3.63, 3.8) is 0 Å². The Balaban J connectivity index is 2.27. The van der Waals surface area contributed by atoms with Gasteiger partial charge in [0.25, 0.3) is 0 Å². The van der Waals surface area contributed by atoms with Crippen molar-refractivity contribution >= 4 is 21.7 Å². The Morgan fingerprint density at radius 2 is 2.06 bits per heavy atom. The molecular formula is C13H13BrN2O. The van der Waals surface area contributed by atoms with Crippen LogP contribution in [0.3, 0.4) is 0 Å². The van der Waals surface area contributed by atoms with Gasteiger partial charge in [-0.2, -0.15) is 0 Å². The molecule has 0 saturated carbocycles. The minimum Gasteiger partial charge on any atom is -0.457 e. The van der Waals surface area contributed by atoms with E-state index in [9.17, 15) is 0 Å². The highest BCUT2D eigenvalue weighted by Gasteiger charge is 2.03. The van der Waals surface area contributed by atoms with Gasteiger partial charge in [-0.25, -0.2) is 4.98 Å². The summed E-state index contributed by atoms with van der Waals surface area (Å²) in [6.07, 6.45) is 1.72. The number of rotatable bonds is 3. The van der Waals surface area contributed by atoms with Crippen molar-refractivity contribution in [2.45, 2.75) is 6.92 Å². The highest BCUT2D eigenvalue weighted by Crippen LogP contribution is 2.28. The molecule has 2 rings (SSSR count). The van der Waals surface area contributed by atoms with Crippen LogP contribution in [0.25, 0.3) is 0 Å². The van der Waals surface area contributed by atoms with Gasteiger partial charge in [-0.05, 0) is 30.7 Å². The molecule has 0 radical (unpaired) electrons. The molecule has 0 aliphatic carbocycles. The summed E-state index contributed by atoms with van der Waals surface area (Å²) in [5, 5.41) is 2.98. The summed E-state index contributed by atoms with van der Waals surface area (Å²) in [6.45, 7) is 2.02. The Labute approximate surface area is 109 Å². The number of halogens is 1. The average Bonchev–Trinajstić information content (AvgIpc) is 2.34. The molecule has 0 bridgehead atoms. The summed E-state index contributed by atoms with van der Waals surface area (Å²) in [5.74, 6) is 2.40. The van der Waals surface area contributed by atoms with Crippen LogP contribution in [0.15, 0.2) is 41.0 Å². The van der Waals surface area contributed by atoms with Gasteiger partial charge in [-0.15, -0.1) is 0 Å². The third-order valence-corrected chi connectivity index (χ3v) is 2.86. The first-order valence-corrected chi connectivity index (χ1v) is 6.06. The maximum Gasteiger partial charge on any atom is 0.132 e. The molecule has 0 fully saturated rings. The zero-order valence-electron chi connectivity index (χ0n) is 9.70. The van der Waals surface area contributed by atoms with Crippen molar-refractivity contribution in [3.8, 4) is 11.5 Å². The Hall–Kier alpha value is -1.55. The topological polar surface area (TPSA) is 34.1 Å². The Bertz CT molecular complexity index is 529.